The molecular weight excluding hydrogens is 350 g/mol. The van der Waals surface area contributed by atoms with Crippen molar-refractivity contribution >= 4 is 23.0 Å². The van der Waals surface area contributed by atoms with Crippen molar-refractivity contribution in [1.82, 2.24) is 20.6 Å². The number of hydrogen-bond acceptors (Lipinski definition) is 3. The second kappa shape index (κ2) is 7.26. The van der Waals surface area contributed by atoms with Crippen LogP contribution in [0.3, 0.4) is 0 Å². The molecule has 1 aromatic carbocycles. The van der Waals surface area contributed by atoms with Crippen LogP contribution in [-0.2, 0) is 12.8 Å². The van der Waals surface area contributed by atoms with E-state index in [1.54, 1.807) is 6.21 Å². The van der Waals surface area contributed by atoms with Crippen LogP contribution in [0.4, 0.5) is 0 Å². The molecule has 3 aromatic rings. The Kier molecular flexibility index (Phi) is 4.79. The summed E-state index contributed by atoms with van der Waals surface area (Å²) in [4.78, 5) is 15.9. The quantitative estimate of drug-likeness (QED) is 0.460. The maximum absolute atomic E-state index is 12.7. The molecule has 3 N–H and O–H groups in total. The van der Waals surface area contributed by atoms with Gasteiger partial charge in [-0.2, -0.15) is 10.2 Å². The molecule has 4 rings (SSSR count). The molecule has 0 unspecified atom stereocenters. The molecule has 0 spiro atoms. The Hall–Kier alpha value is -2.89. The predicted octanol–water partition coefficient (Wildman–Crippen LogP) is 4.20. The Morgan fingerprint density at radius 2 is 2.21 bits per heavy atom. The van der Waals surface area contributed by atoms with Gasteiger partial charge in [0.15, 0.2) is 5.69 Å². The van der Waals surface area contributed by atoms with Crippen molar-refractivity contribution in [2.45, 2.75) is 46.5 Å². The first kappa shape index (κ1) is 18.5. The first-order chi connectivity index (χ1) is 13.5. The maximum atomic E-state index is 12.7. The minimum atomic E-state index is -0.261. The highest BCUT2D eigenvalue weighted by Crippen LogP contribution is 2.40. The molecule has 0 fully saturated rings. The number of para-hydroxylation sites is 1. The first-order valence-electron chi connectivity index (χ1n) is 9.95. The number of hydrazone groups is 1. The van der Waals surface area contributed by atoms with Gasteiger partial charge < -0.3 is 4.98 Å². The van der Waals surface area contributed by atoms with Gasteiger partial charge in [-0.25, -0.2) is 5.43 Å². The standard InChI is InChI=1S/C22H27N5O/c1-4-22(2,3)15-9-10-19-17(11-15)20(26-25-19)21(28)27-24-13-14-12-23-18-8-6-5-7-16(14)18/h5-8,12-13,15,23H,4,9-11H2,1-3H3,(H,25,26)(H,27,28)/b24-13+/t15-/m0/s1. The van der Waals surface area contributed by atoms with Crippen LogP contribution in [0.2, 0.25) is 0 Å². The number of carbonyl (C=O) groups excluding carboxylic acids is 1. The van der Waals surface area contributed by atoms with Gasteiger partial charge in [0.2, 0.25) is 0 Å². The normalized spacial score (nSPS) is 17.2. The van der Waals surface area contributed by atoms with Gasteiger partial charge in [0.1, 0.15) is 0 Å². The van der Waals surface area contributed by atoms with Gasteiger partial charge in [-0.05, 0) is 36.7 Å². The molecule has 0 aliphatic heterocycles. The molecule has 1 atom stereocenters. The van der Waals surface area contributed by atoms with Crippen molar-refractivity contribution in [2.75, 3.05) is 0 Å². The fourth-order valence-corrected chi connectivity index (χ4v) is 4.05. The third kappa shape index (κ3) is 3.35. The van der Waals surface area contributed by atoms with Crippen LogP contribution in [0.15, 0.2) is 35.6 Å². The van der Waals surface area contributed by atoms with E-state index >= 15 is 0 Å². The van der Waals surface area contributed by atoms with Gasteiger partial charge in [-0.15, -0.1) is 0 Å². The largest absolute Gasteiger partial charge is 0.361 e. The summed E-state index contributed by atoms with van der Waals surface area (Å²) in [6.45, 7) is 6.86. The third-order valence-electron chi connectivity index (χ3n) is 6.37. The number of nitrogens with one attached hydrogen (secondary N) is 3. The summed E-state index contributed by atoms with van der Waals surface area (Å²) in [5, 5.41) is 12.6. The van der Waals surface area contributed by atoms with E-state index in [2.05, 4.69) is 46.5 Å². The number of fused-ring (bicyclic) bond motifs is 2. The van der Waals surface area contributed by atoms with Crippen LogP contribution in [0.25, 0.3) is 10.9 Å². The van der Waals surface area contributed by atoms with Gasteiger partial charge in [0, 0.05) is 33.9 Å². The highest BCUT2D eigenvalue weighted by molar-refractivity contribution is 6.00. The number of nitrogens with zero attached hydrogens (tertiary/aromatic N) is 2. The Labute approximate surface area is 164 Å². The third-order valence-corrected chi connectivity index (χ3v) is 6.37. The lowest BCUT2D eigenvalue weighted by atomic mass is 9.69. The Balaban J connectivity index is 1.49. The molecule has 1 amide bonds. The van der Waals surface area contributed by atoms with E-state index in [1.165, 1.54) is 0 Å². The van der Waals surface area contributed by atoms with Crippen LogP contribution >= 0.6 is 0 Å². The first-order valence-corrected chi connectivity index (χ1v) is 9.95. The van der Waals surface area contributed by atoms with Crippen molar-refractivity contribution in [2.24, 2.45) is 16.4 Å². The molecule has 0 bridgehead atoms. The fraction of sp³-hybridized carbons (Fsp3) is 0.409. The average molecular weight is 377 g/mol. The van der Waals surface area contributed by atoms with Gasteiger partial charge in [0.05, 0.1) is 6.21 Å². The molecule has 2 heterocycles. The molecule has 6 nitrogen and oxygen atoms in total. The minimum absolute atomic E-state index is 0.260. The van der Waals surface area contributed by atoms with Crippen LogP contribution in [0.1, 0.15) is 60.9 Å². The van der Waals surface area contributed by atoms with E-state index in [4.69, 9.17) is 0 Å². The minimum Gasteiger partial charge on any atom is -0.361 e. The van der Waals surface area contributed by atoms with Crippen molar-refractivity contribution in [3.05, 3.63) is 53.0 Å². The number of rotatable bonds is 5. The van der Waals surface area contributed by atoms with Crippen molar-refractivity contribution < 1.29 is 4.79 Å². The van der Waals surface area contributed by atoms with E-state index in [-0.39, 0.29) is 11.3 Å². The summed E-state index contributed by atoms with van der Waals surface area (Å²) in [6.07, 6.45) is 7.65. The SMILES string of the molecule is CCC(C)(C)[C@H]1CCc2[nH]nc(C(=O)N/N=C/c3c[nH]c4ccccc34)c2C1. The molecule has 6 heteroatoms. The topological polar surface area (TPSA) is 85.9 Å². The van der Waals surface area contributed by atoms with E-state index in [0.29, 0.717) is 11.6 Å². The van der Waals surface area contributed by atoms with Gasteiger partial charge in [0.25, 0.3) is 5.91 Å². The Morgan fingerprint density at radius 3 is 3.04 bits per heavy atom. The summed E-state index contributed by atoms with van der Waals surface area (Å²) in [5.74, 6) is 0.299. The molecule has 2 aromatic heterocycles. The zero-order chi connectivity index (χ0) is 19.7. The monoisotopic (exact) mass is 377 g/mol. The van der Waals surface area contributed by atoms with Crippen molar-refractivity contribution in [3.8, 4) is 0 Å². The Morgan fingerprint density at radius 1 is 1.39 bits per heavy atom. The number of carbonyl (C=O) groups is 1. The van der Waals surface area contributed by atoms with Crippen LogP contribution in [0.5, 0.6) is 0 Å². The van der Waals surface area contributed by atoms with Crippen LogP contribution in [-0.4, -0.2) is 27.3 Å². The highest BCUT2D eigenvalue weighted by Gasteiger charge is 2.34. The lowest BCUT2D eigenvalue weighted by Crippen LogP contribution is -2.30. The lowest BCUT2D eigenvalue weighted by molar-refractivity contribution is 0.0947. The summed E-state index contributed by atoms with van der Waals surface area (Å²) in [6, 6.07) is 8.00. The van der Waals surface area contributed by atoms with Crippen LogP contribution in [0, 0.1) is 11.3 Å². The summed E-state index contributed by atoms with van der Waals surface area (Å²) < 4.78 is 0. The number of aryl methyl sites for hydroxylation is 1. The van der Waals surface area contributed by atoms with Crippen LogP contribution < -0.4 is 5.43 Å². The number of benzene rings is 1. The van der Waals surface area contributed by atoms with E-state index in [9.17, 15) is 4.79 Å². The molecular formula is C22H27N5O. The zero-order valence-electron chi connectivity index (χ0n) is 16.7. The number of H-pyrrole nitrogens is 2. The molecule has 0 saturated carbocycles. The van der Waals surface area contributed by atoms with Crippen molar-refractivity contribution in [3.63, 3.8) is 0 Å². The molecule has 1 aliphatic carbocycles. The van der Waals surface area contributed by atoms with E-state index < -0.39 is 0 Å². The molecule has 0 radical (unpaired) electrons. The highest BCUT2D eigenvalue weighted by atomic mass is 16.2. The lowest BCUT2D eigenvalue weighted by Gasteiger charge is -2.36. The van der Waals surface area contributed by atoms with E-state index in [0.717, 1.165) is 53.4 Å². The second-order valence-corrected chi connectivity index (χ2v) is 8.30. The molecule has 0 saturated heterocycles. The van der Waals surface area contributed by atoms with Gasteiger partial charge in [-0.3, -0.25) is 9.89 Å². The number of aromatic nitrogens is 3. The molecule has 28 heavy (non-hydrogen) atoms. The zero-order valence-corrected chi connectivity index (χ0v) is 16.7. The smallest absolute Gasteiger partial charge is 0.292 e. The Bertz CT molecular complexity index is 1030. The molecule has 1 aliphatic rings. The van der Waals surface area contributed by atoms with Crippen molar-refractivity contribution in [1.29, 1.82) is 0 Å². The maximum Gasteiger partial charge on any atom is 0.292 e. The second-order valence-electron chi connectivity index (χ2n) is 8.30. The van der Waals surface area contributed by atoms with E-state index in [1.807, 2.05) is 30.5 Å². The van der Waals surface area contributed by atoms with Gasteiger partial charge in [-0.1, -0.05) is 45.4 Å². The summed E-state index contributed by atoms with van der Waals surface area (Å²) in [7, 11) is 0. The number of amides is 1. The summed E-state index contributed by atoms with van der Waals surface area (Å²) in [5.41, 5.74) is 7.50. The predicted molar refractivity (Wildman–Crippen MR) is 112 cm³/mol. The average Bonchev–Trinajstić information content (AvgIpc) is 3.32. The molecule has 146 valence electrons. The summed E-state index contributed by atoms with van der Waals surface area (Å²) >= 11 is 0. The van der Waals surface area contributed by atoms with Gasteiger partial charge >= 0.3 is 0 Å². The number of hydrogen-bond donors (Lipinski definition) is 3. The number of aromatic amines is 2. The fourth-order valence-electron chi connectivity index (χ4n) is 4.05.